The van der Waals surface area contributed by atoms with E-state index < -0.39 is 5.56 Å². The third-order valence-electron chi connectivity index (χ3n) is 3.83. The van der Waals surface area contributed by atoms with Crippen LogP contribution in [0.4, 0.5) is 0 Å². The Morgan fingerprint density at radius 2 is 1.96 bits per heavy atom. The van der Waals surface area contributed by atoms with Crippen LogP contribution in [0.25, 0.3) is 17.8 Å². The number of nitrogens with zero attached hydrogens (tertiary/aromatic N) is 4. The fraction of sp³-hybridized carbons (Fsp3) is 0.111. The molecule has 2 heterocycles. The molecule has 1 N–H and O–H groups in total. The highest BCUT2D eigenvalue weighted by Crippen LogP contribution is 2.25. The van der Waals surface area contributed by atoms with Crippen molar-refractivity contribution in [2.45, 2.75) is 13.8 Å². The lowest BCUT2D eigenvalue weighted by Gasteiger charge is -2.02. The zero-order chi connectivity index (χ0) is 18.0. The molecule has 0 saturated heterocycles. The number of H-pyrrole nitrogens is 1. The van der Waals surface area contributed by atoms with Gasteiger partial charge in [-0.25, -0.2) is 9.78 Å². The highest BCUT2D eigenvalue weighted by molar-refractivity contribution is 6.31. The van der Waals surface area contributed by atoms with Crippen molar-refractivity contribution in [1.82, 2.24) is 20.0 Å². The van der Waals surface area contributed by atoms with Crippen molar-refractivity contribution >= 4 is 23.8 Å². The molecule has 1 aromatic carbocycles. The SMILES string of the molecule is Cc1nn(-c2ccccc2)c(Cl)c1/C=C/c1n[nH]c(=O)c(C#N)c1C. The molecule has 0 unspecified atom stereocenters. The Hall–Kier alpha value is -3.17. The summed E-state index contributed by atoms with van der Waals surface area (Å²) in [6.45, 7) is 3.54. The number of aromatic nitrogens is 4. The first-order chi connectivity index (χ1) is 12.0. The Balaban J connectivity index is 2.03. The van der Waals surface area contributed by atoms with Gasteiger partial charge in [-0.2, -0.15) is 15.5 Å². The molecular weight excluding hydrogens is 338 g/mol. The van der Waals surface area contributed by atoms with Gasteiger partial charge in [-0.1, -0.05) is 29.8 Å². The molecular formula is C18H14ClN5O. The van der Waals surface area contributed by atoms with E-state index in [1.165, 1.54) is 0 Å². The van der Waals surface area contributed by atoms with Crippen molar-refractivity contribution in [3.63, 3.8) is 0 Å². The quantitative estimate of drug-likeness (QED) is 0.784. The highest BCUT2D eigenvalue weighted by atomic mass is 35.5. The number of hydrogen-bond donors (Lipinski definition) is 1. The molecule has 0 amide bonds. The molecule has 0 radical (unpaired) electrons. The summed E-state index contributed by atoms with van der Waals surface area (Å²) in [5.41, 5.74) is 2.94. The van der Waals surface area contributed by atoms with Crippen molar-refractivity contribution in [2.24, 2.45) is 0 Å². The number of rotatable bonds is 3. The zero-order valence-electron chi connectivity index (χ0n) is 13.6. The Morgan fingerprint density at radius 3 is 2.64 bits per heavy atom. The normalized spacial score (nSPS) is 11.0. The van der Waals surface area contributed by atoms with Crippen LogP contribution in [0.5, 0.6) is 0 Å². The fourth-order valence-corrected chi connectivity index (χ4v) is 2.78. The number of aryl methyl sites for hydroxylation is 1. The van der Waals surface area contributed by atoms with E-state index in [-0.39, 0.29) is 5.56 Å². The van der Waals surface area contributed by atoms with Gasteiger partial charge < -0.3 is 0 Å². The van der Waals surface area contributed by atoms with E-state index in [0.717, 1.165) is 16.9 Å². The zero-order valence-corrected chi connectivity index (χ0v) is 14.4. The molecule has 0 aliphatic heterocycles. The summed E-state index contributed by atoms with van der Waals surface area (Å²) >= 11 is 6.47. The van der Waals surface area contributed by atoms with Crippen molar-refractivity contribution in [2.75, 3.05) is 0 Å². The number of aromatic amines is 1. The minimum Gasteiger partial charge on any atom is -0.267 e. The lowest BCUT2D eigenvalue weighted by molar-refractivity contribution is 0.863. The predicted octanol–water partition coefficient (Wildman–Crippen LogP) is 3.27. The third-order valence-corrected chi connectivity index (χ3v) is 4.20. The predicted molar refractivity (Wildman–Crippen MR) is 96.5 cm³/mol. The molecule has 0 aliphatic carbocycles. The largest absolute Gasteiger partial charge is 0.282 e. The maximum Gasteiger partial charge on any atom is 0.282 e. The van der Waals surface area contributed by atoms with Gasteiger partial charge in [0.2, 0.25) is 0 Å². The van der Waals surface area contributed by atoms with Gasteiger partial charge in [0.05, 0.1) is 17.1 Å². The molecule has 6 nitrogen and oxygen atoms in total. The Bertz CT molecular complexity index is 1060. The number of para-hydroxylation sites is 1. The number of halogens is 1. The highest BCUT2D eigenvalue weighted by Gasteiger charge is 2.13. The van der Waals surface area contributed by atoms with E-state index in [2.05, 4.69) is 15.3 Å². The molecule has 3 rings (SSSR count). The summed E-state index contributed by atoms with van der Waals surface area (Å²) in [6, 6.07) is 11.5. The smallest absolute Gasteiger partial charge is 0.267 e. The monoisotopic (exact) mass is 351 g/mol. The molecule has 25 heavy (non-hydrogen) atoms. The molecule has 0 saturated carbocycles. The van der Waals surface area contributed by atoms with Crippen molar-refractivity contribution < 1.29 is 0 Å². The van der Waals surface area contributed by atoms with Crippen LogP contribution in [-0.2, 0) is 0 Å². The van der Waals surface area contributed by atoms with E-state index in [0.29, 0.717) is 16.4 Å². The standard InChI is InChI=1S/C18H14ClN5O/c1-11-15(10-20)18(25)22-21-16(11)9-8-14-12(2)23-24(17(14)19)13-6-4-3-5-7-13/h3-9H,1-2H3,(H,22,25)/b9-8+. The lowest BCUT2D eigenvalue weighted by atomic mass is 10.1. The molecule has 0 atom stereocenters. The maximum absolute atomic E-state index is 11.6. The number of nitrogens with one attached hydrogen (secondary N) is 1. The Labute approximate surface area is 149 Å². The molecule has 124 valence electrons. The van der Waals surface area contributed by atoms with E-state index in [9.17, 15) is 4.79 Å². The van der Waals surface area contributed by atoms with Crippen molar-refractivity contribution in [3.8, 4) is 11.8 Å². The molecule has 2 aromatic heterocycles. The van der Waals surface area contributed by atoms with Gasteiger partial charge in [-0.05, 0) is 43.7 Å². The van der Waals surface area contributed by atoms with Gasteiger partial charge >= 0.3 is 0 Å². The first-order valence-electron chi connectivity index (χ1n) is 7.51. The first kappa shape index (κ1) is 16.7. The van der Waals surface area contributed by atoms with Crippen LogP contribution in [0.2, 0.25) is 5.15 Å². The summed E-state index contributed by atoms with van der Waals surface area (Å²) in [5.74, 6) is 0. The summed E-state index contributed by atoms with van der Waals surface area (Å²) in [7, 11) is 0. The summed E-state index contributed by atoms with van der Waals surface area (Å²) in [6.07, 6.45) is 3.48. The number of benzene rings is 1. The molecule has 7 heteroatoms. The van der Waals surface area contributed by atoms with Crippen LogP contribution in [-0.4, -0.2) is 20.0 Å². The van der Waals surface area contributed by atoms with E-state index in [1.54, 1.807) is 23.8 Å². The van der Waals surface area contributed by atoms with Gasteiger partial charge in [0.25, 0.3) is 5.56 Å². The van der Waals surface area contributed by atoms with Gasteiger partial charge in [-0.15, -0.1) is 0 Å². The van der Waals surface area contributed by atoms with E-state index >= 15 is 0 Å². The number of nitriles is 1. The van der Waals surface area contributed by atoms with Crippen molar-refractivity contribution in [1.29, 1.82) is 5.26 Å². The second-order valence-electron chi connectivity index (χ2n) is 5.42. The topological polar surface area (TPSA) is 87.4 Å². The van der Waals surface area contributed by atoms with Gasteiger partial charge in [0.15, 0.2) is 0 Å². The van der Waals surface area contributed by atoms with E-state index in [4.69, 9.17) is 16.9 Å². The van der Waals surface area contributed by atoms with Crippen LogP contribution >= 0.6 is 11.6 Å². The molecule has 3 aromatic rings. The maximum atomic E-state index is 11.6. The summed E-state index contributed by atoms with van der Waals surface area (Å²) < 4.78 is 1.66. The average molecular weight is 352 g/mol. The minimum atomic E-state index is -0.497. The molecule has 0 bridgehead atoms. The fourth-order valence-electron chi connectivity index (χ4n) is 2.45. The third kappa shape index (κ3) is 3.10. The first-order valence-corrected chi connectivity index (χ1v) is 7.88. The van der Waals surface area contributed by atoms with E-state index in [1.807, 2.05) is 43.3 Å². The van der Waals surface area contributed by atoms with Gasteiger partial charge in [-0.3, -0.25) is 4.79 Å². The minimum absolute atomic E-state index is 0.0532. The average Bonchev–Trinajstić information content (AvgIpc) is 2.90. The van der Waals surface area contributed by atoms with Gasteiger partial charge in [0.1, 0.15) is 16.8 Å². The number of hydrogen-bond acceptors (Lipinski definition) is 4. The second kappa shape index (κ2) is 6.75. The second-order valence-corrected chi connectivity index (χ2v) is 5.78. The Kier molecular flexibility index (Phi) is 4.50. The molecule has 0 fully saturated rings. The molecule has 0 aliphatic rings. The van der Waals surface area contributed by atoms with Crippen LogP contribution in [0, 0.1) is 25.2 Å². The summed E-state index contributed by atoms with van der Waals surface area (Å²) in [5, 5.41) is 20.3. The van der Waals surface area contributed by atoms with Gasteiger partial charge in [0, 0.05) is 5.56 Å². The lowest BCUT2D eigenvalue weighted by Crippen LogP contribution is -2.15. The molecule has 0 spiro atoms. The summed E-state index contributed by atoms with van der Waals surface area (Å²) in [4.78, 5) is 11.6. The van der Waals surface area contributed by atoms with Crippen LogP contribution in [0.1, 0.15) is 28.1 Å². The Morgan fingerprint density at radius 1 is 1.24 bits per heavy atom. The van der Waals surface area contributed by atoms with Crippen LogP contribution in [0.15, 0.2) is 35.1 Å². The van der Waals surface area contributed by atoms with Crippen LogP contribution in [0.3, 0.4) is 0 Å². The van der Waals surface area contributed by atoms with Crippen LogP contribution < -0.4 is 5.56 Å². The van der Waals surface area contributed by atoms with Crippen molar-refractivity contribution in [3.05, 3.63) is 73.9 Å².